The van der Waals surface area contributed by atoms with Crippen LogP contribution >= 0.6 is 11.8 Å². The van der Waals surface area contributed by atoms with E-state index in [9.17, 15) is 0 Å². The number of benzene rings is 2. The Morgan fingerprint density at radius 3 is 2.41 bits per heavy atom. The van der Waals surface area contributed by atoms with Crippen LogP contribution in [0.2, 0.25) is 4.82 Å². The molecule has 0 bridgehead atoms. The van der Waals surface area contributed by atoms with Gasteiger partial charge in [-0.15, -0.1) is 0 Å². The number of aryl methyl sites for hydroxylation is 1. The van der Waals surface area contributed by atoms with Gasteiger partial charge in [-0.3, -0.25) is 0 Å². The number of rotatable bonds is 4. The van der Waals surface area contributed by atoms with Crippen molar-refractivity contribution in [3.05, 3.63) is 54.1 Å². The summed E-state index contributed by atoms with van der Waals surface area (Å²) in [6.07, 6.45) is 2.65. The Bertz CT molecular complexity index is 603. The van der Waals surface area contributed by atoms with Crippen molar-refractivity contribution in [3.8, 4) is 0 Å². The first kappa shape index (κ1) is 16.1. The molecule has 1 aliphatic heterocycles. The van der Waals surface area contributed by atoms with Crippen molar-refractivity contribution in [2.75, 3.05) is 20.3 Å². The second-order valence-corrected chi connectivity index (χ2v) is 9.80. The van der Waals surface area contributed by atoms with E-state index in [4.69, 9.17) is 0 Å². The van der Waals surface area contributed by atoms with Crippen molar-refractivity contribution in [1.29, 1.82) is 0 Å². The van der Waals surface area contributed by atoms with Gasteiger partial charge in [0.15, 0.2) is 0 Å². The van der Waals surface area contributed by atoms with E-state index in [-0.39, 0.29) is 0 Å². The molecule has 1 saturated heterocycles. The summed E-state index contributed by atoms with van der Waals surface area (Å²) in [6, 6.07) is 17.8. The molecule has 2 aromatic rings. The van der Waals surface area contributed by atoms with Gasteiger partial charge >= 0.3 is 144 Å². The molecule has 0 spiro atoms. The molecule has 0 radical (unpaired) electrons. The number of hydrogen-bond acceptors (Lipinski definition) is 1. The first-order valence-electron chi connectivity index (χ1n) is 7.80. The summed E-state index contributed by atoms with van der Waals surface area (Å²) >= 11 is 2.49. The first-order chi connectivity index (χ1) is 10.7. The summed E-state index contributed by atoms with van der Waals surface area (Å²) in [4.78, 5) is 3.67. The summed E-state index contributed by atoms with van der Waals surface area (Å²) < 4.78 is 4.78. The van der Waals surface area contributed by atoms with E-state index < -0.39 is 0 Å². The van der Waals surface area contributed by atoms with E-state index in [2.05, 4.69) is 66.9 Å². The van der Waals surface area contributed by atoms with E-state index in [1.165, 1.54) is 41.4 Å². The molecule has 0 atom stereocenters. The van der Waals surface area contributed by atoms with E-state index in [1.807, 2.05) is 11.8 Å². The van der Waals surface area contributed by atoms with Crippen molar-refractivity contribution >= 4 is 31.2 Å². The average molecular weight is 378 g/mol. The standard InChI is InChI=1S/C19H23OSSe/c1-15-7-9-16(10-8-15)21-18-5-3-4-6-19(18)22-17-11-13-20(2)14-12-17/h3-10,17H,11-14H2,1-2H3/q+1. The molecular weight excluding hydrogens is 355 g/mol. The molecule has 0 N–H and O–H groups in total. The molecule has 22 heavy (non-hydrogen) atoms. The maximum atomic E-state index is 3.21. The molecular formula is C19H23OSSe+. The first-order valence-corrected chi connectivity index (χ1v) is 10.5. The van der Waals surface area contributed by atoms with Gasteiger partial charge in [0.1, 0.15) is 0 Å². The third kappa shape index (κ3) is 4.39. The number of hydrogen-bond donors (Lipinski definition) is 0. The topological polar surface area (TPSA) is 2.70 Å². The Kier molecular flexibility index (Phi) is 5.65. The predicted octanol–water partition coefficient (Wildman–Crippen LogP) is 4.24. The Hall–Kier alpha value is -0.731. The van der Waals surface area contributed by atoms with Gasteiger partial charge in [0.2, 0.25) is 0 Å². The third-order valence-corrected chi connectivity index (χ3v) is 8.31. The Morgan fingerprint density at radius 2 is 1.68 bits per heavy atom. The minimum absolute atomic E-state index is 0.579. The molecule has 0 aliphatic carbocycles. The summed E-state index contributed by atoms with van der Waals surface area (Å²) in [7, 11) is 2.16. The van der Waals surface area contributed by atoms with Gasteiger partial charge < -0.3 is 0 Å². The molecule has 0 saturated carbocycles. The Labute approximate surface area is 144 Å². The molecule has 1 aliphatic rings. The van der Waals surface area contributed by atoms with Crippen LogP contribution in [-0.4, -0.2) is 35.3 Å². The van der Waals surface area contributed by atoms with Crippen molar-refractivity contribution in [2.24, 2.45) is 0 Å². The predicted molar refractivity (Wildman–Crippen MR) is 96.9 cm³/mol. The zero-order chi connectivity index (χ0) is 15.4. The second kappa shape index (κ2) is 7.70. The van der Waals surface area contributed by atoms with Crippen molar-refractivity contribution < 1.29 is 4.37 Å². The Balaban J connectivity index is 1.71. The van der Waals surface area contributed by atoms with E-state index in [1.54, 1.807) is 4.46 Å². The van der Waals surface area contributed by atoms with E-state index in [0.717, 1.165) is 4.82 Å². The fraction of sp³-hybridized carbons (Fsp3) is 0.368. The molecule has 116 valence electrons. The van der Waals surface area contributed by atoms with E-state index in [0.29, 0.717) is 15.0 Å². The van der Waals surface area contributed by atoms with Gasteiger partial charge in [-0.1, -0.05) is 0 Å². The van der Waals surface area contributed by atoms with Crippen LogP contribution in [0.15, 0.2) is 58.3 Å². The van der Waals surface area contributed by atoms with Crippen LogP contribution in [0.3, 0.4) is 0 Å². The molecule has 0 aromatic heterocycles. The monoisotopic (exact) mass is 379 g/mol. The van der Waals surface area contributed by atoms with Gasteiger partial charge in [-0.05, 0) is 0 Å². The van der Waals surface area contributed by atoms with Crippen LogP contribution in [0.5, 0.6) is 0 Å². The van der Waals surface area contributed by atoms with Gasteiger partial charge in [0.25, 0.3) is 0 Å². The molecule has 1 fully saturated rings. The average Bonchev–Trinajstić information content (AvgIpc) is 2.54. The molecule has 1 nitrogen and oxygen atoms in total. The van der Waals surface area contributed by atoms with Crippen molar-refractivity contribution in [1.82, 2.24) is 0 Å². The van der Waals surface area contributed by atoms with Crippen LogP contribution in [0.25, 0.3) is 0 Å². The summed E-state index contributed by atoms with van der Waals surface area (Å²) in [6.45, 7) is 4.50. The van der Waals surface area contributed by atoms with E-state index >= 15 is 0 Å². The van der Waals surface area contributed by atoms with Gasteiger partial charge in [-0.25, -0.2) is 0 Å². The molecule has 3 heteroatoms. The van der Waals surface area contributed by atoms with Crippen LogP contribution in [0.1, 0.15) is 18.4 Å². The fourth-order valence-electron chi connectivity index (χ4n) is 2.57. The molecule has 1 heterocycles. The molecule has 0 unspecified atom stereocenters. The van der Waals surface area contributed by atoms with Gasteiger partial charge in [0, 0.05) is 0 Å². The van der Waals surface area contributed by atoms with Crippen LogP contribution in [-0.2, 0) is 4.37 Å². The zero-order valence-electron chi connectivity index (χ0n) is 13.2. The van der Waals surface area contributed by atoms with Crippen LogP contribution < -0.4 is 4.46 Å². The summed E-state index contributed by atoms with van der Waals surface area (Å²) in [5.74, 6) is 0. The minimum atomic E-state index is 0.579. The van der Waals surface area contributed by atoms with Gasteiger partial charge in [0.05, 0.1) is 0 Å². The molecule has 3 rings (SSSR count). The van der Waals surface area contributed by atoms with Crippen LogP contribution in [0, 0.1) is 6.92 Å². The summed E-state index contributed by atoms with van der Waals surface area (Å²) in [5.41, 5.74) is 1.32. The van der Waals surface area contributed by atoms with Gasteiger partial charge in [-0.2, -0.15) is 0 Å². The normalized spacial score (nSPS) is 16.8. The van der Waals surface area contributed by atoms with Crippen molar-refractivity contribution in [3.63, 3.8) is 0 Å². The maximum absolute atomic E-state index is 3.21. The quantitative estimate of drug-likeness (QED) is 0.568. The molecule has 0 amide bonds. The zero-order valence-corrected chi connectivity index (χ0v) is 15.8. The fourth-order valence-corrected chi connectivity index (χ4v) is 6.30. The summed E-state index contributed by atoms with van der Waals surface area (Å²) in [5, 5.41) is 0. The van der Waals surface area contributed by atoms with Crippen molar-refractivity contribution in [2.45, 2.75) is 34.4 Å². The molecule has 2 aromatic carbocycles. The van der Waals surface area contributed by atoms with Crippen LogP contribution in [0.4, 0.5) is 0 Å². The Morgan fingerprint density at radius 1 is 1.00 bits per heavy atom. The second-order valence-electron chi connectivity index (χ2n) is 5.87. The SMILES string of the molecule is Cc1ccc(Sc2ccccc2[Se]C2CC[O+](C)CC2)cc1. The third-order valence-electron chi connectivity index (χ3n) is 3.97.